The molecule has 0 radical (unpaired) electrons. The zero-order valence-electron chi connectivity index (χ0n) is 22.1. The minimum absolute atomic E-state index is 0. The zero-order chi connectivity index (χ0) is 25.5. The number of hydrogen-bond acceptors (Lipinski definition) is 4. The average Bonchev–Trinajstić information content (AvgIpc) is 3.72. The molecule has 0 atom stereocenters. The fourth-order valence-electron chi connectivity index (χ4n) is 4.41. The molecule has 1 amide bonds. The molecule has 8 heteroatoms. The van der Waals surface area contributed by atoms with Gasteiger partial charge in [0.1, 0.15) is 12.5 Å². The van der Waals surface area contributed by atoms with Crippen molar-refractivity contribution in [2.45, 2.75) is 45.7 Å². The zero-order valence-corrected chi connectivity index (χ0v) is 25.2. The number of alkyl halides is 1. The summed E-state index contributed by atoms with van der Waals surface area (Å²) in [6, 6.07) is 15.3. The third kappa shape index (κ3) is 8.61. The third-order valence-electron chi connectivity index (χ3n) is 6.66. The maximum Gasteiger partial charge on any atom is 1.00 e. The molecule has 0 aliphatic heterocycles. The normalized spacial score (nSPS) is 13.2. The van der Waals surface area contributed by atoms with E-state index in [2.05, 4.69) is 4.98 Å². The van der Waals surface area contributed by atoms with Gasteiger partial charge < -0.3 is 9.64 Å². The Morgan fingerprint density at radius 2 is 1.89 bits per heavy atom. The van der Waals surface area contributed by atoms with Gasteiger partial charge in [0.25, 0.3) is 0 Å². The number of pyridine rings is 1. The summed E-state index contributed by atoms with van der Waals surface area (Å²) in [4.78, 5) is 20.5. The number of carbonyl (C=O) groups is 1. The van der Waals surface area contributed by atoms with Gasteiger partial charge in [0.05, 0.1) is 12.1 Å². The number of aromatic nitrogens is 1. The predicted molar refractivity (Wildman–Crippen MR) is 138 cm³/mol. The molecule has 2 aromatic carbocycles. The van der Waals surface area contributed by atoms with Crippen molar-refractivity contribution in [2.24, 2.45) is 0 Å². The molecule has 0 bridgehead atoms. The van der Waals surface area contributed by atoms with E-state index < -0.39 is 6.67 Å². The van der Waals surface area contributed by atoms with Crippen LogP contribution in [0.1, 0.15) is 38.7 Å². The van der Waals surface area contributed by atoms with Crippen molar-refractivity contribution < 1.29 is 69.7 Å². The number of likely N-dealkylation sites (N-methyl/N-ethyl adjacent to an activating group) is 1. The summed E-state index contributed by atoms with van der Waals surface area (Å²) in [5.74, 6) is -0.316. The number of nitrogens with zero attached hydrogens (tertiary/aromatic N) is 3. The van der Waals surface area contributed by atoms with Gasteiger partial charge in [-0.2, -0.15) is 13.0 Å². The SMILES string of the molecule is CCN(C(=O)CO[C-](C)CCN(CCF)Cc1ccc(-c2ccc3cccnc3c2)cc1F)C1CC1.[K+]. The number of carbonyl (C=O) groups excluding carboxylic acids is 1. The van der Waals surface area contributed by atoms with Crippen LogP contribution >= 0.6 is 0 Å². The van der Waals surface area contributed by atoms with Crippen molar-refractivity contribution in [3.63, 3.8) is 0 Å². The van der Waals surface area contributed by atoms with Crippen molar-refractivity contribution in [3.8, 4) is 11.1 Å². The summed E-state index contributed by atoms with van der Waals surface area (Å²) < 4.78 is 33.9. The molecule has 37 heavy (non-hydrogen) atoms. The average molecular weight is 534 g/mol. The van der Waals surface area contributed by atoms with Crippen LogP contribution in [0.3, 0.4) is 0 Å². The van der Waals surface area contributed by atoms with Crippen LogP contribution in [-0.4, -0.2) is 59.6 Å². The predicted octanol–water partition coefficient (Wildman–Crippen LogP) is 2.79. The second kappa shape index (κ2) is 14.8. The van der Waals surface area contributed by atoms with Gasteiger partial charge >= 0.3 is 51.4 Å². The molecular formula is C29H34F2KN3O2. The molecular weight excluding hydrogens is 499 g/mol. The Morgan fingerprint density at radius 3 is 2.59 bits per heavy atom. The van der Waals surface area contributed by atoms with Crippen molar-refractivity contribution in [2.75, 3.05) is 32.9 Å². The molecule has 1 aliphatic carbocycles. The summed E-state index contributed by atoms with van der Waals surface area (Å²) >= 11 is 0. The molecule has 192 valence electrons. The summed E-state index contributed by atoms with van der Waals surface area (Å²) in [6.07, 6.45) is 5.15. The molecule has 0 unspecified atom stereocenters. The maximum atomic E-state index is 15.0. The molecule has 3 aromatic rings. The first-order valence-corrected chi connectivity index (χ1v) is 12.6. The van der Waals surface area contributed by atoms with E-state index in [-0.39, 0.29) is 76.3 Å². The van der Waals surface area contributed by atoms with Crippen LogP contribution < -0.4 is 51.4 Å². The topological polar surface area (TPSA) is 45.7 Å². The Bertz CT molecular complexity index is 1170. The molecule has 1 aromatic heterocycles. The van der Waals surface area contributed by atoms with Gasteiger partial charge in [-0.15, -0.1) is 6.42 Å². The van der Waals surface area contributed by atoms with Crippen LogP contribution in [0.5, 0.6) is 0 Å². The van der Waals surface area contributed by atoms with Crippen molar-refractivity contribution in [1.82, 2.24) is 14.8 Å². The van der Waals surface area contributed by atoms with Crippen LogP contribution in [0.15, 0.2) is 54.7 Å². The number of rotatable bonds is 13. The van der Waals surface area contributed by atoms with E-state index in [1.54, 1.807) is 12.3 Å². The Kier molecular flexibility index (Phi) is 12.1. The second-order valence-corrected chi connectivity index (χ2v) is 9.33. The van der Waals surface area contributed by atoms with Crippen molar-refractivity contribution in [1.29, 1.82) is 0 Å². The Balaban J connectivity index is 0.00000380. The van der Waals surface area contributed by atoms with Gasteiger partial charge in [-0.1, -0.05) is 30.3 Å². The fraction of sp³-hybridized carbons (Fsp3) is 0.414. The van der Waals surface area contributed by atoms with Crippen LogP contribution in [-0.2, 0) is 16.1 Å². The van der Waals surface area contributed by atoms with Gasteiger partial charge in [-0.3, -0.25) is 14.7 Å². The molecule has 1 aliphatic rings. The number of benzene rings is 2. The Hall–Kier alpha value is -1.26. The monoisotopic (exact) mass is 533 g/mol. The first-order chi connectivity index (χ1) is 17.5. The quantitative estimate of drug-likeness (QED) is 0.251. The smallest absolute Gasteiger partial charge is 0.542 e. The van der Waals surface area contributed by atoms with Gasteiger partial charge in [-0.05, 0) is 55.6 Å². The van der Waals surface area contributed by atoms with E-state index in [0.29, 0.717) is 37.7 Å². The summed E-state index contributed by atoms with van der Waals surface area (Å²) in [5.41, 5.74) is 3.05. The number of halogens is 2. The van der Waals surface area contributed by atoms with Crippen LogP contribution in [0.2, 0.25) is 0 Å². The third-order valence-corrected chi connectivity index (χ3v) is 6.66. The van der Waals surface area contributed by atoms with Gasteiger partial charge in [0, 0.05) is 42.8 Å². The van der Waals surface area contributed by atoms with E-state index in [9.17, 15) is 9.18 Å². The molecule has 1 saturated carbocycles. The number of amides is 1. The van der Waals surface area contributed by atoms with E-state index in [4.69, 9.17) is 4.74 Å². The Labute approximate surface area is 261 Å². The molecule has 1 fully saturated rings. The Morgan fingerprint density at radius 1 is 1.14 bits per heavy atom. The first kappa shape index (κ1) is 30.3. The van der Waals surface area contributed by atoms with E-state index in [1.807, 2.05) is 60.0 Å². The first-order valence-electron chi connectivity index (χ1n) is 12.6. The van der Waals surface area contributed by atoms with E-state index >= 15 is 4.39 Å². The van der Waals surface area contributed by atoms with Gasteiger partial charge in [0.2, 0.25) is 5.91 Å². The van der Waals surface area contributed by atoms with Crippen LogP contribution in [0.25, 0.3) is 22.0 Å². The number of ether oxygens (including phenoxy) is 1. The molecule has 1 heterocycles. The second-order valence-electron chi connectivity index (χ2n) is 9.33. The van der Waals surface area contributed by atoms with Gasteiger partial charge in [-0.25, -0.2) is 8.78 Å². The standard InChI is InChI=1S/C29H34F2N3O2.K/c1-3-34(26-10-11-26)29(35)20-36-21(2)12-15-33(16-13-30)19-25-9-8-23(17-27(25)31)24-7-6-22-5-4-14-32-28(22)18-24;/h4-9,14,17-18,26H,3,10-13,15-16,19-20H2,1-2H3;/q-1;+1. The molecule has 4 rings (SSSR count). The van der Waals surface area contributed by atoms with Crippen LogP contribution in [0.4, 0.5) is 8.78 Å². The summed E-state index contributed by atoms with van der Waals surface area (Å²) in [7, 11) is 0. The molecule has 0 saturated heterocycles. The van der Waals surface area contributed by atoms with Gasteiger partial charge in [0.15, 0.2) is 0 Å². The maximum absolute atomic E-state index is 15.0. The summed E-state index contributed by atoms with van der Waals surface area (Å²) in [5, 5.41) is 1.03. The fourth-order valence-corrected chi connectivity index (χ4v) is 4.41. The largest absolute Gasteiger partial charge is 1.00 e. The number of fused-ring (bicyclic) bond motifs is 1. The van der Waals surface area contributed by atoms with Crippen molar-refractivity contribution >= 4 is 16.8 Å². The number of hydrogen-bond donors (Lipinski definition) is 0. The molecule has 0 spiro atoms. The van der Waals surface area contributed by atoms with Crippen LogP contribution in [0, 0.1) is 11.9 Å². The van der Waals surface area contributed by atoms with Crippen molar-refractivity contribution in [3.05, 3.63) is 72.2 Å². The molecule has 5 nitrogen and oxygen atoms in total. The molecule has 0 N–H and O–H groups in total. The summed E-state index contributed by atoms with van der Waals surface area (Å²) in [6.45, 7) is 5.03. The minimum atomic E-state index is -0.519. The van der Waals surface area contributed by atoms with E-state index in [0.717, 1.165) is 41.0 Å². The minimum Gasteiger partial charge on any atom is -0.542 e. The van der Waals surface area contributed by atoms with E-state index in [1.165, 1.54) is 6.07 Å².